The van der Waals surface area contributed by atoms with Crippen LogP contribution < -0.4 is 5.73 Å². The van der Waals surface area contributed by atoms with Crippen molar-refractivity contribution in [2.24, 2.45) is 0 Å². The lowest BCUT2D eigenvalue weighted by Gasteiger charge is -2.10. The van der Waals surface area contributed by atoms with Crippen LogP contribution in [0.25, 0.3) is 0 Å². The van der Waals surface area contributed by atoms with Gasteiger partial charge in [0.15, 0.2) is 0 Å². The van der Waals surface area contributed by atoms with E-state index in [1.165, 1.54) is 70.6 Å². The van der Waals surface area contributed by atoms with Crippen LogP contribution in [0.2, 0.25) is 0 Å². The lowest BCUT2D eigenvalue weighted by atomic mass is 10.0. The Labute approximate surface area is 180 Å². The summed E-state index contributed by atoms with van der Waals surface area (Å²) in [5, 5.41) is 0. The molecule has 1 rings (SSSR count). The van der Waals surface area contributed by atoms with E-state index in [1.54, 1.807) is 18.2 Å². The van der Waals surface area contributed by atoms with Gasteiger partial charge in [-0.2, -0.15) is 0 Å². The van der Waals surface area contributed by atoms with Crippen molar-refractivity contribution in [3.63, 3.8) is 0 Å². The molecule has 0 aliphatic heterocycles. The molecular formula is C23H38INO2. The number of esters is 1. The van der Waals surface area contributed by atoms with Gasteiger partial charge in [-0.15, -0.1) is 0 Å². The Kier molecular flexibility index (Phi) is 14.6. The van der Waals surface area contributed by atoms with E-state index in [2.05, 4.69) is 29.5 Å². The van der Waals surface area contributed by atoms with E-state index in [1.807, 2.05) is 6.07 Å². The molecule has 0 aliphatic carbocycles. The zero-order valence-corrected chi connectivity index (χ0v) is 19.2. The maximum atomic E-state index is 12.0. The highest BCUT2D eigenvalue weighted by molar-refractivity contribution is 14.1. The van der Waals surface area contributed by atoms with Crippen molar-refractivity contribution >= 4 is 34.2 Å². The summed E-state index contributed by atoms with van der Waals surface area (Å²) in [6.07, 6.45) is 17.2. The number of nitrogens with two attached hydrogens (primary N) is 1. The summed E-state index contributed by atoms with van der Waals surface area (Å²) in [7, 11) is 0. The van der Waals surface area contributed by atoms with Crippen LogP contribution in [-0.2, 0) is 4.74 Å². The van der Waals surface area contributed by atoms with Gasteiger partial charge in [-0.05, 0) is 31.4 Å². The normalized spacial score (nSPS) is 12.1. The van der Waals surface area contributed by atoms with Crippen molar-refractivity contribution in [2.75, 3.05) is 12.3 Å². The number of nitrogen functional groups attached to an aromatic ring is 1. The van der Waals surface area contributed by atoms with Crippen LogP contribution in [0.5, 0.6) is 0 Å². The zero-order valence-electron chi connectivity index (χ0n) is 17.1. The molecule has 3 nitrogen and oxygen atoms in total. The molecule has 0 fully saturated rings. The second-order valence-electron chi connectivity index (χ2n) is 7.43. The van der Waals surface area contributed by atoms with E-state index in [0.29, 0.717) is 21.8 Å². The quantitative estimate of drug-likeness (QED) is 0.0874. The number of rotatable bonds is 16. The van der Waals surface area contributed by atoms with Gasteiger partial charge in [-0.1, -0.05) is 106 Å². The summed E-state index contributed by atoms with van der Waals surface area (Å²) in [5.74, 6) is -0.312. The predicted octanol–water partition coefficient (Wildman–Crippen LogP) is 7.32. The summed E-state index contributed by atoms with van der Waals surface area (Å²) < 4.78 is 6.02. The van der Waals surface area contributed by atoms with Crippen LogP contribution in [0.3, 0.4) is 0 Å². The van der Waals surface area contributed by atoms with Crippen LogP contribution in [0, 0.1) is 0 Å². The molecule has 1 aromatic carbocycles. The summed E-state index contributed by atoms with van der Waals surface area (Å²) in [5.41, 5.74) is 6.75. The van der Waals surface area contributed by atoms with E-state index < -0.39 is 0 Å². The van der Waals surface area contributed by atoms with Gasteiger partial charge in [-0.3, -0.25) is 0 Å². The highest BCUT2D eigenvalue weighted by atomic mass is 127. The third-order valence-corrected chi connectivity index (χ3v) is 6.19. The van der Waals surface area contributed by atoms with Gasteiger partial charge in [0.2, 0.25) is 0 Å². The SMILES string of the molecule is CCCCCCCCCCCCC(I)CCCOC(=O)c1ccccc1N. The second kappa shape index (κ2) is 16.2. The zero-order chi connectivity index (χ0) is 19.7. The molecule has 0 saturated carbocycles. The molecule has 27 heavy (non-hydrogen) atoms. The average molecular weight is 487 g/mol. The number of ether oxygens (including phenoxy) is 1. The topological polar surface area (TPSA) is 52.3 Å². The third kappa shape index (κ3) is 12.3. The lowest BCUT2D eigenvalue weighted by Crippen LogP contribution is -2.10. The molecule has 2 N–H and O–H groups in total. The second-order valence-corrected chi connectivity index (χ2v) is 9.19. The first-order valence-corrected chi connectivity index (χ1v) is 12.1. The fourth-order valence-electron chi connectivity index (χ4n) is 3.23. The van der Waals surface area contributed by atoms with E-state index in [-0.39, 0.29) is 5.97 Å². The number of carbonyl (C=O) groups excluding carboxylic acids is 1. The molecule has 154 valence electrons. The molecule has 0 aliphatic rings. The van der Waals surface area contributed by atoms with Gasteiger partial charge in [-0.25, -0.2) is 4.79 Å². The number of benzene rings is 1. The smallest absolute Gasteiger partial charge is 0.340 e. The van der Waals surface area contributed by atoms with Crippen molar-refractivity contribution < 1.29 is 9.53 Å². The van der Waals surface area contributed by atoms with E-state index in [4.69, 9.17) is 10.5 Å². The van der Waals surface area contributed by atoms with Gasteiger partial charge < -0.3 is 10.5 Å². The van der Waals surface area contributed by atoms with Gasteiger partial charge in [0, 0.05) is 9.61 Å². The first kappa shape index (κ1) is 24.3. The molecule has 1 atom stereocenters. The maximum absolute atomic E-state index is 12.0. The van der Waals surface area contributed by atoms with E-state index in [9.17, 15) is 4.79 Å². The van der Waals surface area contributed by atoms with Crippen LogP contribution in [0.4, 0.5) is 5.69 Å². The third-order valence-electron chi connectivity index (χ3n) is 4.95. The van der Waals surface area contributed by atoms with Crippen LogP contribution in [0.15, 0.2) is 24.3 Å². The van der Waals surface area contributed by atoms with E-state index >= 15 is 0 Å². The van der Waals surface area contributed by atoms with Crippen LogP contribution in [-0.4, -0.2) is 16.5 Å². The van der Waals surface area contributed by atoms with Crippen molar-refractivity contribution in [1.29, 1.82) is 0 Å². The minimum Gasteiger partial charge on any atom is -0.462 e. The Morgan fingerprint density at radius 3 is 2.11 bits per heavy atom. The lowest BCUT2D eigenvalue weighted by molar-refractivity contribution is 0.0499. The standard InChI is InChI=1S/C23H38INO2/c1-2-3-4-5-6-7-8-9-10-11-15-20(24)16-14-19-27-23(26)21-17-12-13-18-22(21)25/h12-13,17-18,20H,2-11,14-16,19,25H2,1H3. The van der Waals surface area contributed by atoms with Gasteiger partial charge in [0.1, 0.15) is 0 Å². The summed E-state index contributed by atoms with van der Waals surface area (Å²) in [6, 6.07) is 7.06. The largest absolute Gasteiger partial charge is 0.462 e. The van der Waals surface area contributed by atoms with Crippen molar-refractivity contribution in [1.82, 2.24) is 0 Å². The maximum Gasteiger partial charge on any atom is 0.340 e. The molecule has 0 spiro atoms. The number of unbranched alkanes of at least 4 members (excludes halogenated alkanes) is 9. The van der Waals surface area contributed by atoms with E-state index in [0.717, 1.165) is 12.8 Å². The Morgan fingerprint density at radius 2 is 1.48 bits per heavy atom. The van der Waals surface area contributed by atoms with Gasteiger partial charge in [0.25, 0.3) is 0 Å². The molecule has 4 heteroatoms. The molecule has 1 unspecified atom stereocenters. The summed E-state index contributed by atoms with van der Waals surface area (Å²) in [4.78, 5) is 12.0. The molecule has 0 saturated heterocycles. The molecular weight excluding hydrogens is 449 g/mol. The highest BCUT2D eigenvalue weighted by Crippen LogP contribution is 2.19. The van der Waals surface area contributed by atoms with Crippen LogP contribution in [0.1, 0.15) is 101 Å². The average Bonchev–Trinajstić information content (AvgIpc) is 2.67. The van der Waals surface area contributed by atoms with Crippen molar-refractivity contribution in [3.05, 3.63) is 29.8 Å². The first-order valence-electron chi connectivity index (χ1n) is 10.8. The molecule has 0 heterocycles. The van der Waals surface area contributed by atoms with Gasteiger partial charge in [0.05, 0.1) is 12.2 Å². The molecule has 0 aromatic heterocycles. The highest BCUT2D eigenvalue weighted by Gasteiger charge is 2.10. The van der Waals surface area contributed by atoms with Gasteiger partial charge >= 0.3 is 5.97 Å². The molecule has 0 bridgehead atoms. The summed E-state index contributed by atoms with van der Waals surface area (Å²) >= 11 is 2.54. The Bertz CT molecular complexity index is 507. The van der Waals surface area contributed by atoms with Crippen molar-refractivity contribution in [2.45, 2.75) is 94.3 Å². The first-order chi connectivity index (χ1) is 13.1. The monoisotopic (exact) mass is 487 g/mol. The summed E-state index contributed by atoms with van der Waals surface area (Å²) in [6.45, 7) is 2.75. The number of anilines is 1. The predicted molar refractivity (Wildman–Crippen MR) is 125 cm³/mol. The van der Waals surface area contributed by atoms with Crippen molar-refractivity contribution in [3.8, 4) is 0 Å². The fraction of sp³-hybridized carbons (Fsp3) is 0.696. The molecule has 1 aromatic rings. The number of hydrogen-bond acceptors (Lipinski definition) is 3. The number of alkyl halides is 1. The van der Waals surface area contributed by atoms with Crippen LogP contribution >= 0.6 is 22.6 Å². The number of halogens is 1. The molecule has 0 radical (unpaired) electrons. The molecule has 0 amide bonds. The number of para-hydroxylation sites is 1. The number of hydrogen-bond donors (Lipinski definition) is 1. The Balaban J connectivity index is 1.93. The number of carbonyl (C=O) groups is 1. The fourth-order valence-corrected chi connectivity index (χ4v) is 4.11. The minimum atomic E-state index is -0.312. The Morgan fingerprint density at radius 1 is 0.926 bits per heavy atom. The Hall–Kier alpha value is -0.780. The minimum absolute atomic E-state index is 0.312.